The Labute approximate surface area is 165 Å². The molecule has 0 radical (unpaired) electrons. The van der Waals surface area contributed by atoms with Gasteiger partial charge in [0.15, 0.2) is 5.78 Å². The Kier molecular flexibility index (Phi) is 7.25. The topological polar surface area (TPSA) is 71.8 Å². The molecule has 1 amide bonds. The molecule has 1 N–H and O–H groups in total. The summed E-state index contributed by atoms with van der Waals surface area (Å²) in [5.41, 5.74) is 0.599. The molecule has 0 aliphatic carbocycles. The molecule has 2 heterocycles. The van der Waals surface area contributed by atoms with Crippen LogP contribution in [0.15, 0.2) is 47.1 Å². The van der Waals surface area contributed by atoms with Crippen LogP contribution in [-0.4, -0.2) is 42.8 Å². The monoisotopic (exact) mass is 384 g/mol. The summed E-state index contributed by atoms with van der Waals surface area (Å²) in [5, 5.41) is 2.97. The third kappa shape index (κ3) is 5.45. The summed E-state index contributed by atoms with van der Waals surface area (Å²) in [6, 6.07) is 10.9. The number of furan rings is 1. The maximum Gasteiger partial charge on any atom is 0.220 e. The van der Waals surface area contributed by atoms with Crippen molar-refractivity contribution < 1.29 is 18.7 Å². The lowest BCUT2D eigenvalue weighted by molar-refractivity contribution is -0.121. The van der Waals surface area contributed by atoms with Gasteiger partial charge in [0, 0.05) is 24.9 Å². The summed E-state index contributed by atoms with van der Waals surface area (Å²) in [7, 11) is 0. The summed E-state index contributed by atoms with van der Waals surface area (Å²) >= 11 is 0. The molecular weight excluding hydrogens is 356 g/mol. The first-order valence-electron chi connectivity index (χ1n) is 9.97. The van der Waals surface area contributed by atoms with E-state index in [1.807, 2.05) is 19.1 Å². The number of hydrogen-bond acceptors (Lipinski definition) is 5. The number of amides is 1. The second kappa shape index (κ2) is 10.1. The summed E-state index contributed by atoms with van der Waals surface area (Å²) < 4.78 is 10.9. The smallest absolute Gasteiger partial charge is 0.220 e. The highest BCUT2D eigenvalue weighted by Crippen LogP contribution is 2.25. The van der Waals surface area contributed by atoms with Crippen molar-refractivity contribution in [2.24, 2.45) is 0 Å². The largest absolute Gasteiger partial charge is 0.494 e. The maximum absolute atomic E-state index is 12.3. The van der Waals surface area contributed by atoms with Crippen LogP contribution in [0.4, 0.5) is 0 Å². The first-order chi connectivity index (χ1) is 13.7. The fourth-order valence-corrected chi connectivity index (χ4v) is 3.52. The second-order valence-corrected chi connectivity index (χ2v) is 6.96. The van der Waals surface area contributed by atoms with Crippen LogP contribution in [0.3, 0.4) is 0 Å². The molecule has 1 unspecified atom stereocenters. The number of benzene rings is 1. The Morgan fingerprint density at radius 2 is 1.89 bits per heavy atom. The fourth-order valence-electron chi connectivity index (χ4n) is 3.52. The van der Waals surface area contributed by atoms with Crippen LogP contribution in [0.2, 0.25) is 0 Å². The molecule has 0 bridgehead atoms. The first-order valence-corrected chi connectivity index (χ1v) is 9.97. The van der Waals surface area contributed by atoms with Gasteiger partial charge in [-0.1, -0.05) is 0 Å². The summed E-state index contributed by atoms with van der Waals surface area (Å²) in [6.45, 7) is 5.01. The van der Waals surface area contributed by atoms with Gasteiger partial charge in [0.05, 0.1) is 18.9 Å². The third-order valence-electron chi connectivity index (χ3n) is 5.01. The Morgan fingerprint density at radius 3 is 2.54 bits per heavy atom. The van der Waals surface area contributed by atoms with Gasteiger partial charge in [0.1, 0.15) is 11.5 Å². The number of carbonyl (C=O) groups is 2. The average molecular weight is 384 g/mol. The Bertz CT molecular complexity index is 749. The van der Waals surface area contributed by atoms with Gasteiger partial charge in [0.2, 0.25) is 5.91 Å². The molecule has 1 aromatic heterocycles. The zero-order chi connectivity index (χ0) is 19.8. The number of Topliss-reactive ketones (excluding diaryl/α,β-unsaturated/α-hetero) is 1. The Hall–Kier alpha value is -2.60. The van der Waals surface area contributed by atoms with E-state index in [9.17, 15) is 9.59 Å². The molecule has 1 aliphatic rings. The summed E-state index contributed by atoms with van der Waals surface area (Å²) in [4.78, 5) is 26.9. The minimum absolute atomic E-state index is 0.0414. The van der Waals surface area contributed by atoms with Crippen LogP contribution in [-0.2, 0) is 4.79 Å². The molecule has 28 heavy (non-hydrogen) atoms. The zero-order valence-electron chi connectivity index (χ0n) is 16.4. The van der Waals surface area contributed by atoms with Crippen LogP contribution in [0.5, 0.6) is 5.75 Å². The molecule has 0 saturated carbocycles. The molecule has 6 heteroatoms. The maximum atomic E-state index is 12.3. The van der Waals surface area contributed by atoms with E-state index in [2.05, 4.69) is 10.2 Å². The SMILES string of the molecule is CCOc1ccc(C(=O)CCC(=O)NCC(c2ccco2)N2CCCC2)cc1. The number of likely N-dealkylation sites (tertiary alicyclic amines) is 1. The molecule has 150 valence electrons. The normalized spacial score (nSPS) is 15.3. The van der Waals surface area contributed by atoms with E-state index in [0.717, 1.165) is 24.6 Å². The van der Waals surface area contributed by atoms with Crippen LogP contribution in [0.25, 0.3) is 0 Å². The van der Waals surface area contributed by atoms with Gasteiger partial charge >= 0.3 is 0 Å². The Balaban J connectivity index is 1.47. The summed E-state index contributed by atoms with van der Waals surface area (Å²) in [5.74, 6) is 1.45. The number of carbonyl (C=O) groups excluding carboxylic acids is 2. The number of nitrogens with one attached hydrogen (secondary N) is 1. The molecule has 1 atom stereocenters. The molecule has 1 fully saturated rings. The van der Waals surface area contributed by atoms with Crippen LogP contribution in [0, 0.1) is 0 Å². The standard InChI is InChI=1S/C22H28N2O4/c1-2-27-18-9-7-17(8-10-18)20(25)11-12-22(26)23-16-19(21-6-5-15-28-21)24-13-3-4-14-24/h5-10,15,19H,2-4,11-14,16H2,1H3,(H,23,26). The van der Waals surface area contributed by atoms with Crippen molar-refractivity contribution in [3.05, 3.63) is 54.0 Å². The summed E-state index contributed by atoms with van der Waals surface area (Å²) in [6.07, 6.45) is 4.37. The van der Waals surface area contributed by atoms with Crippen molar-refractivity contribution in [3.63, 3.8) is 0 Å². The highest BCUT2D eigenvalue weighted by molar-refractivity contribution is 5.98. The van der Waals surface area contributed by atoms with Gasteiger partial charge in [-0.05, 0) is 69.3 Å². The lowest BCUT2D eigenvalue weighted by atomic mass is 10.1. The second-order valence-electron chi connectivity index (χ2n) is 6.96. The fraction of sp³-hybridized carbons (Fsp3) is 0.455. The van der Waals surface area contributed by atoms with Crippen molar-refractivity contribution in [1.29, 1.82) is 0 Å². The van der Waals surface area contributed by atoms with Crippen molar-refractivity contribution in [3.8, 4) is 5.75 Å². The van der Waals surface area contributed by atoms with Crippen LogP contribution in [0.1, 0.15) is 54.8 Å². The van der Waals surface area contributed by atoms with Crippen molar-refractivity contribution in [2.75, 3.05) is 26.2 Å². The minimum Gasteiger partial charge on any atom is -0.494 e. The van der Waals surface area contributed by atoms with Gasteiger partial charge in [-0.15, -0.1) is 0 Å². The number of ether oxygens (including phenoxy) is 1. The molecule has 0 spiro atoms. The van der Waals surface area contributed by atoms with E-state index in [0.29, 0.717) is 18.7 Å². The van der Waals surface area contributed by atoms with Gasteiger partial charge < -0.3 is 14.5 Å². The lowest BCUT2D eigenvalue weighted by Crippen LogP contribution is -2.36. The molecule has 3 rings (SSSR count). The van der Waals surface area contributed by atoms with Crippen LogP contribution < -0.4 is 10.1 Å². The first kappa shape index (κ1) is 20.1. The average Bonchev–Trinajstić information content (AvgIpc) is 3.42. The minimum atomic E-state index is -0.116. The van der Waals surface area contributed by atoms with E-state index in [1.165, 1.54) is 12.8 Å². The molecular formula is C22H28N2O4. The number of rotatable bonds is 10. The predicted octanol–water partition coefficient (Wildman–Crippen LogP) is 3.59. The number of ketones is 1. The number of hydrogen-bond donors (Lipinski definition) is 1. The van der Waals surface area contributed by atoms with E-state index in [-0.39, 0.29) is 30.6 Å². The van der Waals surface area contributed by atoms with Crippen molar-refractivity contribution >= 4 is 11.7 Å². The van der Waals surface area contributed by atoms with Crippen molar-refractivity contribution in [1.82, 2.24) is 10.2 Å². The highest BCUT2D eigenvalue weighted by Gasteiger charge is 2.25. The molecule has 1 aliphatic heterocycles. The van der Waals surface area contributed by atoms with E-state index in [4.69, 9.17) is 9.15 Å². The predicted molar refractivity (Wildman–Crippen MR) is 106 cm³/mol. The molecule has 6 nitrogen and oxygen atoms in total. The van der Waals surface area contributed by atoms with E-state index < -0.39 is 0 Å². The van der Waals surface area contributed by atoms with Gasteiger partial charge in [-0.2, -0.15) is 0 Å². The quantitative estimate of drug-likeness (QED) is 0.634. The highest BCUT2D eigenvalue weighted by atomic mass is 16.5. The van der Waals surface area contributed by atoms with E-state index in [1.54, 1.807) is 30.5 Å². The van der Waals surface area contributed by atoms with Gasteiger partial charge in [-0.25, -0.2) is 0 Å². The lowest BCUT2D eigenvalue weighted by Gasteiger charge is -2.26. The molecule has 2 aromatic rings. The third-order valence-corrected chi connectivity index (χ3v) is 5.01. The van der Waals surface area contributed by atoms with Crippen LogP contribution >= 0.6 is 0 Å². The van der Waals surface area contributed by atoms with E-state index >= 15 is 0 Å². The van der Waals surface area contributed by atoms with Gasteiger partial charge in [-0.3, -0.25) is 14.5 Å². The van der Waals surface area contributed by atoms with Crippen molar-refractivity contribution in [2.45, 2.75) is 38.6 Å². The number of nitrogens with zero attached hydrogens (tertiary/aromatic N) is 1. The Morgan fingerprint density at radius 1 is 1.14 bits per heavy atom. The molecule has 1 saturated heterocycles. The zero-order valence-corrected chi connectivity index (χ0v) is 16.4. The van der Waals surface area contributed by atoms with Gasteiger partial charge in [0.25, 0.3) is 0 Å². The molecule has 1 aromatic carbocycles.